The van der Waals surface area contributed by atoms with Crippen LogP contribution in [0.2, 0.25) is 0 Å². The summed E-state index contributed by atoms with van der Waals surface area (Å²) < 4.78 is 63.9. The normalized spacial score (nSPS) is 12.2. The smallest absolute Gasteiger partial charge is 0.348 e. The summed E-state index contributed by atoms with van der Waals surface area (Å²) in [7, 11) is -3.39. The molecular formula is C21H24F3N3O3S2. The molecule has 0 aliphatic rings. The van der Waals surface area contributed by atoms with E-state index in [4.69, 9.17) is 0 Å². The summed E-state index contributed by atoms with van der Waals surface area (Å²) in [5.41, 5.74) is 1.37. The summed E-state index contributed by atoms with van der Waals surface area (Å²) in [6.45, 7) is 3.85. The second-order valence-corrected chi connectivity index (χ2v) is 9.84. The third-order valence-electron chi connectivity index (χ3n) is 4.09. The second kappa shape index (κ2) is 10.9. The lowest BCUT2D eigenvalue weighted by Gasteiger charge is -2.11. The van der Waals surface area contributed by atoms with E-state index in [2.05, 4.69) is 15.0 Å². The highest BCUT2D eigenvalue weighted by atomic mass is 32.2. The predicted molar refractivity (Wildman–Crippen MR) is 121 cm³/mol. The van der Waals surface area contributed by atoms with Crippen LogP contribution in [0, 0.1) is 6.92 Å². The Labute approximate surface area is 189 Å². The van der Waals surface area contributed by atoms with Crippen molar-refractivity contribution in [3.05, 3.63) is 58.8 Å². The Balaban J connectivity index is 2.06. The molecule has 2 aromatic rings. The lowest BCUT2D eigenvalue weighted by atomic mass is 10.1. The molecule has 174 valence electrons. The first-order chi connectivity index (χ1) is 14.9. The van der Waals surface area contributed by atoms with E-state index in [9.17, 15) is 26.4 Å². The number of carbonyl (C=O) groups excluding carboxylic acids is 1. The zero-order chi connectivity index (χ0) is 23.9. The van der Waals surface area contributed by atoms with Gasteiger partial charge in [0.05, 0.1) is 11.9 Å². The second-order valence-electron chi connectivity index (χ2n) is 7.01. The molecule has 0 atom stereocenters. The van der Waals surface area contributed by atoms with Gasteiger partial charge in [-0.25, -0.2) is 13.4 Å². The highest BCUT2D eigenvalue weighted by Crippen LogP contribution is 2.31. The van der Waals surface area contributed by atoms with Crippen LogP contribution in [0.15, 0.2) is 41.4 Å². The first kappa shape index (κ1) is 25.7. The average molecular weight is 488 g/mol. The Morgan fingerprint density at radius 1 is 1.22 bits per heavy atom. The molecule has 0 radical (unpaired) electrons. The van der Waals surface area contributed by atoms with Gasteiger partial charge in [0.25, 0.3) is 0 Å². The highest BCUT2D eigenvalue weighted by molar-refractivity contribution is 7.99. The van der Waals surface area contributed by atoms with Crippen molar-refractivity contribution in [1.29, 1.82) is 0 Å². The fourth-order valence-corrected chi connectivity index (χ4v) is 4.11. The van der Waals surface area contributed by atoms with Crippen LogP contribution >= 0.6 is 11.8 Å². The summed E-state index contributed by atoms with van der Waals surface area (Å²) in [4.78, 5) is 15.9. The van der Waals surface area contributed by atoms with E-state index in [1.54, 1.807) is 25.1 Å². The number of benzene rings is 1. The predicted octanol–water partition coefficient (Wildman–Crippen LogP) is 4.61. The van der Waals surface area contributed by atoms with Gasteiger partial charge in [-0.05, 0) is 48.4 Å². The number of anilines is 1. The average Bonchev–Trinajstić information content (AvgIpc) is 2.69. The molecule has 1 aromatic heterocycles. The quantitative estimate of drug-likeness (QED) is 0.398. The van der Waals surface area contributed by atoms with Crippen molar-refractivity contribution in [3.8, 4) is 0 Å². The van der Waals surface area contributed by atoms with Gasteiger partial charge in [-0.3, -0.25) is 9.52 Å². The Bertz CT molecular complexity index is 1100. The number of hydrogen-bond donors (Lipinski definition) is 2. The molecule has 0 aliphatic heterocycles. The van der Waals surface area contributed by atoms with E-state index in [1.807, 2.05) is 6.92 Å². The summed E-state index contributed by atoms with van der Waals surface area (Å²) >= 11 is 1.20. The maximum atomic E-state index is 12.9. The van der Waals surface area contributed by atoms with Crippen LogP contribution in [0.5, 0.6) is 0 Å². The van der Waals surface area contributed by atoms with Crippen LogP contribution in [0.3, 0.4) is 0 Å². The van der Waals surface area contributed by atoms with Crippen molar-refractivity contribution >= 4 is 39.5 Å². The molecule has 0 saturated carbocycles. The van der Waals surface area contributed by atoms with E-state index in [0.717, 1.165) is 24.3 Å². The summed E-state index contributed by atoms with van der Waals surface area (Å²) in [6.07, 6.45) is -0.0291. The number of nitrogens with one attached hydrogen (secondary N) is 2. The number of hydrogen-bond acceptors (Lipinski definition) is 5. The molecule has 2 rings (SSSR count). The van der Waals surface area contributed by atoms with Gasteiger partial charge in [0.2, 0.25) is 15.9 Å². The van der Waals surface area contributed by atoms with E-state index >= 15 is 0 Å². The van der Waals surface area contributed by atoms with Gasteiger partial charge in [0, 0.05) is 18.2 Å². The minimum absolute atomic E-state index is 0.200. The van der Waals surface area contributed by atoms with Crippen LogP contribution in [-0.4, -0.2) is 31.3 Å². The van der Waals surface area contributed by atoms with Crippen LogP contribution in [-0.2, 0) is 27.5 Å². The Morgan fingerprint density at radius 3 is 2.53 bits per heavy atom. The fourth-order valence-electron chi connectivity index (χ4n) is 2.61. The van der Waals surface area contributed by atoms with Crippen molar-refractivity contribution < 1.29 is 26.4 Å². The number of pyridine rings is 1. The lowest BCUT2D eigenvalue weighted by molar-refractivity contribution is -0.141. The van der Waals surface area contributed by atoms with Crippen LogP contribution in [0.25, 0.3) is 6.08 Å². The van der Waals surface area contributed by atoms with Gasteiger partial charge in [-0.1, -0.05) is 25.1 Å². The van der Waals surface area contributed by atoms with Crippen molar-refractivity contribution in [3.63, 3.8) is 0 Å². The van der Waals surface area contributed by atoms with E-state index in [1.165, 1.54) is 30.0 Å². The SMILES string of the molecule is CCCSc1nc(C(F)(F)F)ccc1/C=C/C(=O)NCc1ccc(NS(C)(=O)=O)c(C)c1. The number of thioether (sulfide) groups is 1. The van der Waals surface area contributed by atoms with Gasteiger partial charge in [0.1, 0.15) is 10.7 Å². The van der Waals surface area contributed by atoms with Gasteiger partial charge in [-0.2, -0.15) is 13.2 Å². The summed E-state index contributed by atoms with van der Waals surface area (Å²) in [6, 6.07) is 7.23. The molecular weight excluding hydrogens is 463 g/mol. The topological polar surface area (TPSA) is 88.2 Å². The van der Waals surface area contributed by atoms with Gasteiger partial charge in [-0.15, -0.1) is 11.8 Å². The number of carbonyl (C=O) groups is 1. The number of rotatable bonds is 9. The number of halogens is 3. The van der Waals surface area contributed by atoms with E-state index < -0.39 is 27.8 Å². The molecule has 0 unspecified atom stereocenters. The van der Waals surface area contributed by atoms with Crippen molar-refractivity contribution in [1.82, 2.24) is 10.3 Å². The Morgan fingerprint density at radius 2 is 1.94 bits per heavy atom. The molecule has 0 spiro atoms. The van der Waals surface area contributed by atoms with Crippen molar-refractivity contribution in [2.75, 3.05) is 16.7 Å². The highest BCUT2D eigenvalue weighted by Gasteiger charge is 2.32. The third kappa shape index (κ3) is 8.19. The maximum absolute atomic E-state index is 12.9. The molecule has 6 nitrogen and oxygen atoms in total. The number of alkyl halides is 3. The van der Waals surface area contributed by atoms with Gasteiger partial charge < -0.3 is 5.32 Å². The van der Waals surface area contributed by atoms with Crippen molar-refractivity contribution in [2.45, 2.75) is 38.0 Å². The summed E-state index contributed by atoms with van der Waals surface area (Å²) in [5, 5.41) is 2.91. The van der Waals surface area contributed by atoms with E-state index in [-0.39, 0.29) is 11.6 Å². The zero-order valence-corrected chi connectivity index (χ0v) is 19.4. The van der Waals surface area contributed by atoms with Crippen molar-refractivity contribution in [2.24, 2.45) is 0 Å². The summed E-state index contributed by atoms with van der Waals surface area (Å²) in [5.74, 6) is 0.178. The Kier molecular flexibility index (Phi) is 8.73. The standard InChI is InChI=1S/C21H24F3N3O3S2/c1-4-11-31-20-16(6-9-18(26-20)21(22,23)24)7-10-19(28)25-13-15-5-8-17(14(2)12-15)27-32(3,29)30/h5-10,12,27H,4,11,13H2,1-3H3,(H,25,28)/b10-7+. The molecule has 0 fully saturated rings. The fraction of sp³-hybridized carbons (Fsp3) is 0.333. The largest absolute Gasteiger partial charge is 0.433 e. The number of nitrogens with zero attached hydrogens (tertiary/aromatic N) is 1. The first-order valence-corrected chi connectivity index (χ1v) is 12.5. The monoisotopic (exact) mass is 487 g/mol. The molecule has 0 bridgehead atoms. The van der Waals surface area contributed by atoms with Crippen LogP contribution in [0.4, 0.5) is 18.9 Å². The number of aromatic nitrogens is 1. The first-order valence-electron chi connectivity index (χ1n) is 9.63. The molecule has 1 aromatic carbocycles. The molecule has 1 amide bonds. The number of sulfonamides is 1. The zero-order valence-electron chi connectivity index (χ0n) is 17.8. The van der Waals surface area contributed by atoms with Crippen LogP contribution < -0.4 is 10.0 Å². The van der Waals surface area contributed by atoms with Crippen LogP contribution in [0.1, 0.15) is 35.7 Å². The molecule has 11 heteroatoms. The van der Waals surface area contributed by atoms with E-state index in [0.29, 0.717) is 22.6 Å². The van der Waals surface area contributed by atoms with Gasteiger partial charge in [0.15, 0.2) is 0 Å². The lowest BCUT2D eigenvalue weighted by Crippen LogP contribution is -2.20. The minimum atomic E-state index is -4.54. The maximum Gasteiger partial charge on any atom is 0.433 e. The molecule has 32 heavy (non-hydrogen) atoms. The number of amides is 1. The van der Waals surface area contributed by atoms with Gasteiger partial charge >= 0.3 is 6.18 Å². The molecule has 1 heterocycles. The Hall–Kier alpha value is -2.53. The molecule has 0 aliphatic carbocycles. The third-order valence-corrected chi connectivity index (χ3v) is 5.89. The minimum Gasteiger partial charge on any atom is -0.348 e. The number of aryl methyl sites for hydroxylation is 1. The molecule has 0 saturated heterocycles. The molecule has 2 N–H and O–H groups in total.